The summed E-state index contributed by atoms with van der Waals surface area (Å²) in [6, 6.07) is 61.9. The fourth-order valence-corrected chi connectivity index (χ4v) is 8.46. The monoisotopic (exact) mass is 760 g/mol. The van der Waals surface area contributed by atoms with Crippen molar-refractivity contribution in [3.8, 4) is 33.7 Å². The molecule has 3 heteroatoms. The van der Waals surface area contributed by atoms with E-state index in [0.717, 1.165) is 34.9 Å². The summed E-state index contributed by atoms with van der Waals surface area (Å²) < 4.78 is 8.41. The minimum atomic E-state index is 0.122. The summed E-state index contributed by atoms with van der Waals surface area (Å²) in [7, 11) is 0. The Bertz CT molecular complexity index is 2580. The summed E-state index contributed by atoms with van der Waals surface area (Å²) in [4.78, 5) is 2.31. The van der Waals surface area contributed by atoms with Crippen molar-refractivity contribution in [3.05, 3.63) is 175 Å². The number of aromatic nitrogens is 1. The average Bonchev–Trinajstić information content (AvgIpc) is 3.53. The first-order chi connectivity index (χ1) is 27.8. The quantitative estimate of drug-likeness (QED) is 0.138. The van der Waals surface area contributed by atoms with Gasteiger partial charge in [-0.1, -0.05) is 126 Å². The van der Waals surface area contributed by atoms with Gasteiger partial charge >= 0.3 is 0 Å². The van der Waals surface area contributed by atoms with Gasteiger partial charge in [0.25, 0.3) is 0 Å². The van der Waals surface area contributed by atoms with Crippen molar-refractivity contribution in [1.29, 1.82) is 0 Å². The van der Waals surface area contributed by atoms with Crippen LogP contribution in [0, 0.1) is 10.8 Å². The second kappa shape index (κ2) is 15.7. The topological polar surface area (TPSA) is 17.4 Å². The smallest absolute Gasteiger partial charge is 0.119 e. The summed E-state index contributed by atoms with van der Waals surface area (Å²) >= 11 is 0. The number of hydrogen-bond donors (Lipinski definition) is 0. The van der Waals surface area contributed by atoms with E-state index in [1.165, 1.54) is 49.6 Å². The van der Waals surface area contributed by atoms with Gasteiger partial charge < -0.3 is 14.2 Å². The van der Waals surface area contributed by atoms with Crippen LogP contribution in [-0.2, 0) is 0 Å². The molecule has 58 heavy (non-hydrogen) atoms. The van der Waals surface area contributed by atoms with Crippen LogP contribution >= 0.6 is 0 Å². The van der Waals surface area contributed by atoms with Crippen LogP contribution in [0.4, 0.5) is 17.1 Å². The van der Waals surface area contributed by atoms with Crippen molar-refractivity contribution in [2.75, 3.05) is 4.90 Å². The largest absolute Gasteiger partial charge is 0.491 e. The molecule has 3 nitrogen and oxygen atoms in total. The van der Waals surface area contributed by atoms with Crippen LogP contribution in [0.15, 0.2) is 170 Å². The minimum Gasteiger partial charge on any atom is -0.491 e. The highest BCUT2D eigenvalue weighted by Gasteiger charge is 2.30. The summed E-state index contributed by atoms with van der Waals surface area (Å²) in [6.45, 7) is 18.3. The zero-order valence-electron chi connectivity index (χ0n) is 35.3. The zero-order valence-corrected chi connectivity index (χ0v) is 35.3. The Labute approximate surface area is 345 Å². The Morgan fingerprint density at radius 1 is 0.500 bits per heavy atom. The fraction of sp³-hybridized carbons (Fsp3) is 0.236. The molecule has 1 aromatic heterocycles. The van der Waals surface area contributed by atoms with Crippen LogP contribution in [0.1, 0.15) is 73.3 Å². The predicted octanol–water partition coefficient (Wildman–Crippen LogP) is 15.9. The summed E-state index contributed by atoms with van der Waals surface area (Å²) in [6.07, 6.45) is 1.27. The van der Waals surface area contributed by atoms with Crippen LogP contribution < -0.4 is 9.64 Å². The van der Waals surface area contributed by atoms with E-state index in [4.69, 9.17) is 4.74 Å². The second-order valence-corrected chi connectivity index (χ2v) is 18.3. The van der Waals surface area contributed by atoms with Crippen molar-refractivity contribution in [3.63, 3.8) is 0 Å². The molecule has 0 saturated carbocycles. The van der Waals surface area contributed by atoms with Gasteiger partial charge in [0.05, 0.1) is 17.1 Å². The van der Waals surface area contributed by atoms with Gasteiger partial charge in [-0.2, -0.15) is 0 Å². The standard InChI is InChI=1S/C55H56N2O/c1-38(2)58-48-31-29-47(30-32-48)57-52-33-25-42(39-19-21-41(22-20-39)51(55(6,7)8)37-54(3,4)5)35-49(52)50-36-43(26-34-53(50)57)40-23-27-46(28-24-40)56(44-15-11-9-12-16-44)45-17-13-10-14-18-45/h9-36,38,51H,37H2,1-8H3. The SMILES string of the molecule is CC(C)Oc1ccc(-n2c3ccc(-c4ccc(C(CC(C)(C)C)C(C)(C)C)cc4)cc3c3cc(-c4ccc(N(c5ccccc5)c5ccccc5)cc4)ccc32)cc1. The molecule has 0 spiro atoms. The molecular formula is C55H56N2O. The van der Waals surface area contributed by atoms with Gasteiger partial charge in [0.15, 0.2) is 0 Å². The van der Waals surface area contributed by atoms with Gasteiger partial charge in [-0.15, -0.1) is 0 Å². The lowest BCUT2D eigenvalue weighted by molar-refractivity contribution is 0.229. The molecule has 0 aliphatic heterocycles. The predicted molar refractivity (Wildman–Crippen MR) is 248 cm³/mol. The van der Waals surface area contributed by atoms with Crippen LogP contribution in [-0.4, -0.2) is 10.7 Å². The molecule has 0 aliphatic carbocycles. The summed E-state index contributed by atoms with van der Waals surface area (Å²) in [5.41, 5.74) is 13.5. The van der Waals surface area contributed by atoms with Crippen molar-refractivity contribution in [2.24, 2.45) is 10.8 Å². The van der Waals surface area contributed by atoms with E-state index in [2.05, 4.69) is 235 Å². The highest BCUT2D eigenvalue weighted by molar-refractivity contribution is 6.11. The molecule has 292 valence electrons. The number of fused-ring (bicyclic) bond motifs is 3. The average molecular weight is 761 g/mol. The molecule has 8 aromatic rings. The van der Waals surface area contributed by atoms with E-state index in [-0.39, 0.29) is 16.9 Å². The Morgan fingerprint density at radius 2 is 0.948 bits per heavy atom. The van der Waals surface area contributed by atoms with E-state index < -0.39 is 0 Å². The number of ether oxygens (including phenoxy) is 1. The number of hydrogen-bond acceptors (Lipinski definition) is 2. The van der Waals surface area contributed by atoms with E-state index in [1.54, 1.807) is 0 Å². The third-order valence-electron chi connectivity index (χ3n) is 11.2. The summed E-state index contributed by atoms with van der Waals surface area (Å²) in [5, 5.41) is 2.46. The highest BCUT2D eigenvalue weighted by Crippen LogP contribution is 2.44. The molecule has 1 unspecified atom stereocenters. The first-order valence-corrected chi connectivity index (χ1v) is 20.8. The van der Waals surface area contributed by atoms with Gasteiger partial charge in [0.1, 0.15) is 5.75 Å². The maximum atomic E-state index is 6.02. The molecule has 8 rings (SSSR count). The van der Waals surface area contributed by atoms with Gasteiger partial charge in [-0.3, -0.25) is 0 Å². The molecule has 1 atom stereocenters. The van der Waals surface area contributed by atoms with Crippen LogP contribution in [0.25, 0.3) is 49.7 Å². The van der Waals surface area contributed by atoms with E-state index in [1.807, 2.05) is 0 Å². The number of para-hydroxylation sites is 2. The Hall–Kier alpha value is -6.06. The van der Waals surface area contributed by atoms with Gasteiger partial charge in [-0.25, -0.2) is 0 Å². The van der Waals surface area contributed by atoms with Crippen molar-refractivity contribution < 1.29 is 4.74 Å². The lowest BCUT2D eigenvalue weighted by atomic mass is 9.69. The molecule has 7 aromatic carbocycles. The van der Waals surface area contributed by atoms with E-state index in [0.29, 0.717) is 5.92 Å². The normalized spacial score (nSPS) is 12.6. The minimum absolute atomic E-state index is 0.122. The molecular weight excluding hydrogens is 705 g/mol. The van der Waals surface area contributed by atoms with Gasteiger partial charge in [0, 0.05) is 33.5 Å². The fourth-order valence-electron chi connectivity index (χ4n) is 8.46. The lowest BCUT2D eigenvalue weighted by Crippen LogP contribution is -2.23. The molecule has 0 aliphatic rings. The maximum absolute atomic E-state index is 6.02. The first-order valence-electron chi connectivity index (χ1n) is 20.8. The van der Waals surface area contributed by atoms with E-state index in [9.17, 15) is 0 Å². The molecule has 0 radical (unpaired) electrons. The third kappa shape index (κ3) is 8.18. The molecule has 0 N–H and O–H groups in total. The van der Waals surface area contributed by atoms with Gasteiger partial charge in [-0.05, 0) is 150 Å². The van der Waals surface area contributed by atoms with Gasteiger partial charge in [0.2, 0.25) is 0 Å². The molecule has 0 amide bonds. The zero-order chi connectivity index (χ0) is 40.6. The van der Waals surface area contributed by atoms with Crippen LogP contribution in [0.2, 0.25) is 0 Å². The van der Waals surface area contributed by atoms with Crippen molar-refractivity contribution >= 4 is 38.9 Å². The molecule has 1 heterocycles. The lowest BCUT2D eigenvalue weighted by Gasteiger charge is -2.36. The first kappa shape index (κ1) is 38.8. The molecule has 0 bridgehead atoms. The third-order valence-corrected chi connectivity index (χ3v) is 11.2. The second-order valence-electron chi connectivity index (χ2n) is 18.3. The summed E-state index contributed by atoms with van der Waals surface area (Å²) in [5.74, 6) is 1.36. The van der Waals surface area contributed by atoms with Crippen LogP contribution in [0.3, 0.4) is 0 Å². The Morgan fingerprint density at radius 3 is 1.40 bits per heavy atom. The Kier molecular flexibility index (Phi) is 10.5. The van der Waals surface area contributed by atoms with Crippen molar-refractivity contribution in [2.45, 2.75) is 73.8 Å². The van der Waals surface area contributed by atoms with E-state index >= 15 is 0 Å². The molecule has 0 saturated heterocycles. The number of nitrogens with zero attached hydrogens (tertiary/aromatic N) is 2. The van der Waals surface area contributed by atoms with Crippen molar-refractivity contribution in [1.82, 2.24) is 4.57 Å². The number of benzene rings is 7. The maximum Gasteiger partial charge on any atom is 0.119 e. The highest BCUT2D eigenvalue weighted by atomic mass is 16.5. The van der Waals surface area contributed by atoms with Crippen LogP contribution in [0.5, 0.6) is 5.75 Å². The molecule has 0 fully saturated rings. The number of rotatable bonds is 10. The number of anilines is 3. The Balaban J connectivity index is 1.21.